The number of hydrogen-bond acceptors (Lipinski definition) is 0. The molecule has 0 amide bonds. The molecule has 0 aromatic heterocycles. The maximum absolute atomic E-state index is 2.49. The van der Waals surface area contributed by atoms with E-state index in [0.717, 1.165) is 12.8 Å². The van der Waals surface area contributed by atoms with Crippen LogP contribution in [0.25, 0.3) is 94.6 Å². The summed E-state index contributed by atoms with van der Waals surface area (Å²) in [5, 5.41) is 0. The molecule has 0 fully saturated rings. The van der Waals surface area contributed by atoms with Gasteiger partial charge < -0.3 is 0 Å². The topological polar surface area (TPSA) is 0 Å². The molecular weight excluding hydrogens is 1040 g/mol. The Morgan fingerprint density at radius 1 is 0.218 bits per heavy atom. The molecule has 13 aromatic rings. The molecule has 87 heavy (non-hydrogen) atoms. The highest BCUT2D eigenvalue weighted by molar-refractivity contribution is 6.03. The average Bonchev–Trinajstić information content (AvgIpc) is 1.54. The smallest absolute Gasteiger partial charge is 0.0725 e. The lowest BCUT2D eigenvalue weighted by Crippen LogP contribution is -2.28. The van der Waals surface area contributed by atoms with Crippen molar-refractivity contribution in [2.24, 2.45) is 0 Å². The summed E-state index contributed by atoms with van der Waals surface area (Å²) in [7, 11) is 0. The van der Waals surface area contributed by atoms with E-state index >= 15 is 0 Å². The summed E-state index contributed by atoms with van der Waals surface area (Å²) in [6.45, 7) is 0. The zero-order chi connectivity index (χ0) is 57.0. The van der Waals surface area contributed by atoms with Crippen LogP contribution in [0.4, 0.5) is 0 Å². The van der Waals surface area contributed by atoms with E-state index in [1.807, 2.05) is 0 Å². The minimum atomic E-state index is -0.613. The molecule has 13 aromatic carbocycles. The number of fused-ring (bicyclic) bond motifs is 22. The Morgan fingerprint density at radius 3 is 1.00 bits per heavy atom. The Balaban J connectivity index is 0.748. The number of benzene rings is 13. The van der Waals surface area contributed by atoms with Crippen molar-refractivity contribution in [3.63, 3.8) is 0 Å². The van der Waals surface area contributed by atoms with Crippen molar-refractivity contribution >= 4 is 5.57 Å². The van der Waals surface area contributed by atoms with Crippen molar-refractivity contribution in [1.82, 2.24) is 0 Å². The van der Waals surface area contributed by atoms with Crippen LogP contribution in [0.1, 0.15) is 79.6 Å². The van der Waals surface area contributed by atoms with Crippen molar-refractivity contribution in [3.05, 3.63) is 388 Å². The largest absolute Gasteiger partial charge is 0.0836 e. The Kier molecular flexibility index (Phi) is 10.2. The second-order valence-corrected chi connectivity index (χ2v) is 24.7. The summed E-state index contributed by atoms with van der Waals surface area (Å²) in [6.07, 6.45) is 6.88. The van der Waals surface area contributed by atoms with Crippen LogP contribution in [0, 0.1) is 0 Å². The van der Waals surface area contributed by atoms with Crippen LogP contribution in [0.5, 0.6) is 0 Å². The van der Waals surface area contributed by atoms with Gasteiger partial charge in [-0.25, -0.2) is 0 Å². The molecule has 0 heteroatoms. The standard InChI is InChI=1S/C87H56/c1-9-41-73-65(31-1)66-32-2-10-42-74(66)85(73,61-29-19-25-57(53-61)55-23-17-27-59(51-55)63-39-21-49-81-83(63)71-37-7-15-47-79(71)86(81)75-43-11-3-33-67(75)68-34-4-12-44-76(68)86)62-30-20-26-58(54-62)56-24-18-28-60(52-56)64-40-22-50-82-84(64)72-38-8-16-48-80(72)87(82)77-45-13-5-35-69(77)70-36-6-14-46-78(70)87/h1-13,15-45,47-54H,14,46H2. The molecule has 0 saturated carbocycles. The molecule has 6 aliphatic rings. The third-order valence-electron chi connectivity index (χ3n) is 20.9. The monoisotopic (exact) mass is 1100 g/mol. The van der Waals surface area contributed by atoms with Gasteiger partial charge in [0, 0.05) is 0 Å². The molecule has 0 bridgehead atoms. The van der Waals surface area contributed by atoms with Gasteiger partial charge in [-0.2, -0.15) is 0 Å². The molecule has 2 spiro atoms. The molecule has 1 atom stereocenters. The van der Waals surface area contributed by atoms with Gasteiger partial charge in [-0.1, -0.05) is 291 Å². The molecule has 1 unspecified atom stereocenters. The lowest BCUT2D eigenvalue weighted by molar-refractivity contribution is 0.714. The van der Waals surface area contributed by atoms with E-state index in [9.17, 15) is 0 Å². The van der Waals surface area contributed by atoms with Crippen molar-refractivity contribution in [3.8, 4) is 89.0 Å². The predicted molar refractivity (Wildman–Crippen MR) is 359 cm³/mol. The van der Waals surface area contributed by atoms with Crippen LogP contribution < -0.4 is 0 Å². The van der Waals surface area contributed by atoms with E-state index in [1.165, 1.54) is 161 Å². The van der Waals surface area contributed by atoms with Gasteiger partial charge in [-0.3, -0.25) is 0 Å². The van der Waals surface area contributed by atoms with Gasteiger partial charge in [0.2, 0.25) is 0 Å². The van der Waals surface area contributed by atoms with E-state index in [2.05, 4.69) is 315 Å². The summed E-state index contributed by atoms with van der Waals surface area (Å²) in [6, 6.07) is 116. The van der Waals surface area contributed by atoms with Gasteiger partial charge in [0.25, 0.3) is 0 Å². The first-order chi connectivity index (χ1) is 43.2. The first-order valence-corrected chi connectivity index (χ1v) is 30.9. The van der Waals surface area contributed by atoms with Crippen molar-refractivity contribution in [2.45, 2.75) is 29.1 Å². The highest BCUT2D eigenvalue weighted by Crippen LogP contribution is 2.67. The first-order valence-electron chi connectivity index (χ1n) is 30.9. The Hall–Kier alpha value is -10.7. The van der Waals surface area contributed by atoms with Crippen LogP contribution in [-0.4, -0.2) is 0 Å². The number of rotatable bonds is 6. The third-order valence-corrected chi connectivity index (χ3v) is 20.9. The molecule has 0 radical (unpaired) electrons. The van der Waals surface area contributed by atoms with Crippen LogP contribution >= 0.6 is 0 Å². The minimum Gasteiger partial charge on any atom is -0.0836 e. The molecule has 0 saturated heterocycles. The van der Waals surface area contributed by atoms with Crippen molar-refractivity contribution in [2.75, 3.05) is 0 Å². The molecule has 6 aliphatic carbocycles. The maximum atomic E-state index is 2.49. The average molecular weight is 1100 g/mol. The van der Waals surface area contributed by atoms with E-state index in [0.29, 0.717) is 0 Å². The van der Waals surface area contributed by atoms with Crippen LogP contribution in [0.15, 0.2) is 321 Å². The normalized spacial score (nSPS) is 16.6. The first kappa shape index (κ1) is 48.7. The van der Waals surface area contributed by atoms with E-state index in [1.54, 1.807) is 5.57 Å². The molecular formula is C87H56. The van der Waals surface area contributed by atoms with Crippen LogP contribution in [0.2, 0.25) is 0 Å². The summed E-state index contributed by atoms with van der Waals surface area (Å²) >= 11 is 0. The number of hydrogen-bond donors (Lipinski definition) is 0. The summed E-state index contributed by atoms with van der Waals surface area (Å²) in [5.74, 6) is 0. The molecule has 19 rings (SSSR count). The third kappa shape index (κ3) is 6.31. The van der Waals surface area contributed by atoms with Gasteiger partial charge in [0.1, 0.15) is 0 Å². The highest BCUT2D eigenvalue weighted by atomic mass is 14.6. The van der Waals surface area contributed by atoms with Gasteiger partial charge in [0.15, 0.2) is 0 Å². The number of allylic oxidation sites excluding steroid dienone is 4. The van der Waals surface area contributed by atoms with E-state index in [4.69, 9.17) is 0 Å². The minimum absolute atomic E-state index is 0.317. The molecule has 0 aliphatic heterocycles. The Labute approximate surface area is 508 Å². The Bertz CT molecular complexity index is 5100. The molecule has 0 N–H and O–H groups in total. The molecule has 404 valence electrons. The lowest BCUT2D eigenvalue weighted by atomic mass is 9.67. The lowest BCUT2D eigenvalue weighted by Gasteiger charge is -2.34. The second-order valence-electron chi connectivity index (χ2n) is 24.7. The van der Waals surface area contributed by atoms with Crippen molar-refractivity contribution < 1.29 is 0 Å². The maximum Gasteiger partial charge on any atom is 0.0725 e. The summed E-state index contributed by atoms with van der Waals surface area (Å²) in [5.41, 5.74) is 38.0. The van der Waals surface area contributed by atoms with E-state index < -0.39 is 10.8 Å². The fraction of sp³-hybridized carbons (Fsp3) is 0.0575. The Morgan fingerprint density at radius 2 is 0.529 bits per heavy atom. The zero-order valence-electron chi connectivity index (χ0n) is 47.9. The highest BCUT2D eigenvalue weighted by Gasteiger charge is 2.54. The van der Waals surface area contributed by atoms with Crippen molar-refractivity contribution in [1.29, 1.82) is 0 Å². The molecule has 0 heterocycles. The summed E-state index contributed by atoms with van der Waals surface area (Å²) in [4.78, 5) is 0. The quantitative estimate of drug-likeness (QED) is 0.156. The van der Waals surface area contributed by atoms with E-state index in [-0.39, 0.29) is 5.41 Å². The van der Waals surface area contributed by atoms with Gasteiger partial charge in [0.05, 0.1) is 16.2 Å². The van der Waals surface area contributed by atoms with Gasteiger partial charge >= 0.3 is 0 Å². The zero-order valence-corrected chi connectivity index (χ0v) is 47.9. The predicted octanol–water partition coefficient (Wildman–Crippen LogP) is 21.5. The molecule has 0 nitrogen and oxygen atoms in total. The van der Waals surface area contributed by atoms with Gasteiger partial charge in [-0.15, -0.1) is 0 Å². The fourth-order valence-corrected chi connectivity index (χ4v) is 17.7. The second kappa shape index (κ2) is 18.2. The van der Waals surface area contributed by atoms with Crippen LogP contribution in [-0.2, 0) is 16.2 Å². The van der Waals surface area contributed by atoms with Crippen LogP contribution in [0.3, 0.4) is 0 Å². The van der Waals surface area contributed by atoms with Gasteiger partial charge in [-0.05, 0) is 204 Å². The summed E-state index contributed by atoms with van der Waals surface area (Å²) < 4.78 is 0. The SMILES string of the molecule is C1=CC2=C(CC1)C1(c3ccccc32)c2ccccc2-c2c(-c3cccc(-c4cccc(C5(c6cccc(-c7cccc(-c8cccc9c8-c8ccccc8C98c9ccccc9-c9ccccc98)c7)c6)c6ccccc6-c6ccccc65)c4)c3)cccc21. The fourth-order valence-electron chi connectivity index (χ4n) is 17.7.